The zero-order chi connectivity index (χ0) is 14.5. The fourth-order valence-electron chi connectivity index (χ4n) is 1.61. The zero-order valence-electron chi connectivity index (χ0n) is 10.3. The van der Waals surface area contributed by atoms with Gasteiger partial charge in [-0.25, -0.2) is 8.78 Å². The third kappa shape index (κ3) is 3.77. The van der Waals surface area contributed by atoms with Crippen LogP contribution in [0.1, 0.15) is 0 Å². The van der Waals surface area contributed by atoms with Gasteiger partial charge in [0.15, 0.2) is 0 Å². The van der Waals surface area contributed by atoms with Gasteiger partial charge >= 0.3 is 0 Å². The molecule has 0 fully saturated rings. The summed E-state index contributed by atoms with van der Waals surface area (Å²) >= 11 is 3.19. The molecule has 2 N–H and O–H groups in total. The van der Waals surface area contributed by atoms with Gasteiger partial charge in [-0.15, -0.1) is 0 Å². The van der Waals surface area contributed by atoms with Gasteiger partial charge in [-0.2, -0.15) is 0 Å². The summed E-state index contributed by atoms with van der Waals surface area (Å²) in [6.07, 6.45) is 0. The van der Waals surface area contributed by atoms with Crippen LogP contribution in [-0.4, -0.2) is 12.5 Å². The maximum absolute atomic E-state index is 13.5. The first-order valence-electron chi connectivity index (χ1n) is 5.79. The fourth-order valence-corrected chi connectivity index (χ4v) is 2.09. The molecule has 0 atom stereocenters. The van der Waals surface area contributed by atoms with Gasteiger partial charge in [0.2, 0.25) is 5.91 Å². The number of benzene rings is 2. The van der Waals surface area contributed by atoms with E-state index in [1.165, 1.54) is 24.3 Å². The Balaban J connectivity index is 1.96. The van der Waals surface area contributed by atoms with Gasteiger partial charge in [0, 0.05) is 10.2 Å². The Labute approximate surface area is 123 Å². The molecule has 0 saturated heterocycles. The summed E-state index contributed by atoms with van der Waals surface area (Å²) in [5.41, 5.74) is 0.561. The molecule has 3 nitrogen and oxygen atoms in total. The number of anilines is 2. The molecule has 0 heterocycles. The van der Waals surface area contributed by atoms with Gasteiger partial charge < -0.3 is 10.6 Å². The molecule has 0 unspecified atom stereocenters. The van der Waals surface area contributed by atoms with E-state index in [4.69, 9.17) is 0 Å². The van der Waals surface area contributed by atoms with E-state index in [1.54, 1.807) is 18.2 Å². The molecule has 0 spiro atoms. The van der Waals surface area contributed by atoms with E-state index in [1.807, 2.05) is 0 Å². The quantitative estimate of drug-likeness (QED) is 0.889. The second-order valence-corrected chi connectivity index (χ2v) is 4.86. The second kappa shape index (κ2) is 6.47. The Morgan fingerprint density at radius 2 is 1.90 bits per heavy atom. The van der Waals surface area contributed by atoms with Crippen LogP contribution >= 0.6 is 15.9 Å². The number of nitrogens with one attached hydrogen (secondary N) is 2. The molecule has 1 amide bonds. The molecule has 0 aromatic heterocycles. The van der Waals surface area contributed by atoms with Gasteiger partial charge in [-0.05, 0) is 46.3 Å². The average Bonchev–Trinajstić information content (AvgIpc) is 2.38. The molecular weight excluding hydrogens is 330 g/mol. The van der Waals surface area contributed by atoms with Crippen molar-refractivity contribution in [2.45, 2.75) is 0 Å². The highest BCUT2D eigenvalue weighted by Gasteiger charge is 2.08. The van der Waals surface area contributed by atoms with Crippen molar-refractivity contribution in [3.05, 3.63) is 58.6 Å². The maximum Gasteiger partial charge on any atom is 0.243 e. The van der Waals surface area contributed by atoms with E-state index in [-0.39, 0.29) is 12.2 Å². The molecule has 6 heteroatoms. The van der Waals surface area contributed by atoms with Crippen LogP contribution in [0.15, 0.2) is 46.9 Å². The van der Waals surface area contributed by atoms with Crippen LogP contribution in [0.3, 0.4) is 0 Å². The first kappa shape index (κ1) is 14.5. The molecule has 0 radical (unpaired) electrons. The van der Waals surface area contributed by atoms with Crippen molar-refractivity contribution in [1.82, 2.24) is 0 Å². The average molecular weight is 341 g/mol. The predicted octanol–water partition coefficient (Wildman–Crippen LogP) is 3.78. The Kier molecular flexibility index (Phi) is 4.68. The summed E-state index contributed by atoms with van der Waals surface area (Å²) in [5, 5.41) is 5.20. The second-order valence-electron chi connectivity index (χ2n) is 4.01. The number of halogens is 3. The van der Waals surface area contributed by atoms with Crippen molar-refractivity contribution in [1.29, 1.82) is 0 Å². The van der Waals surface area contributed by atoms with Crippen LogP contribution in [0, 0.1) is 11.6 Å². The van der Waals surface area contributed by atoms with Crippen molar-refractivity contribution in [2.24, 2.45) is 0 Å². The van der Waals surface area contributed by atoms with E-state index >= 15 is 0 Å². The van der Waals surface area contributed by atoms with Crippen molar-refractivity contribution in [3.63, 3.8) is 0 Å². The molecule has 2 rings (SSSR count). The Hall–Kier alpha value is -1.95. The predicted molar refractivity (Wildman–Crippen MR) is 77.6 cm³/mol. The van der Waals surface area contributed by atoms with E-state index in [2.05, 4.69) is 26.6 Å². The largest absolute Gasteiger partial charge is 0.373 e. The van der Waals surface area contributed by atoms with Crippen LogP contribution in [0.2, 0.25) is 0 Å². The topological polar surface area (TPSA) is 41.1 Å². The zero-order valence-corrected chi connectivity index (χ0v) is 11.9. The van der Waals surface area contributed by atoms with E-state index in [0.29, 0.717) is 10.2 Å². The van der Waals surface area contributed by atoms with Gasteiger partial charge in [0.25, 0.3) is 0 Å². The van der Waals surface area contributed by atoms with Crippen LogP contribution in [-0.2, 0) is 4.79 Å². The van der Waals surface area contributed by atoms with Crippen LogP contribution < -0.4 is 10.6 Å². The van der Waals surface area contributed by atoms with Crippen LogP contribution in [0.25, 0.3) is 0 Å². The normalized spacial score (nSPS) is 10.2. The van der Waals surface area contributed by atoms with Crippen molar-refractivity contribution in [3.8, 4) is 0 Å². The minimum absolute atomic E-state index is 0.129. The lowest BCUT2D eigenvalue weighted by atomic mass is 10.3. The number of hydrogen-bond donors (Lipinski definition) is 2. The highest BCUT2D eigenvalue weighted by atomic mass is 79.9. The number of carbonyl (C=O) groups excluding carboxylic acids is 1. The third-order valence-corrected chi connectivity index (χ3v) is 3.16. The first-order chi connectivity index (χ1) is 9.56. The summed E-state index contributed by atoms with van der Waals surface area (Å²) in [4.78, 5) is 11.7. The Morgan fingerprint density at radius 1 is 1.15 bits per heavy atom. The highest BCUT2D eigenvalue weighted by molar-refractivity contribution is 9.10. The molecular formula is C14H11BrF2N2O. The van der Waals surface area contributed by atoms with Gasteiger partial charge in [0.1, 0.15) is 11.6 Å². The molecule has 104 valence electrons. The molecule has 0 aliphatic rings. The number of para-hydroxylation sites is 1. The maximum atomic E-state index is 13.5. The summed E-state index contributed by atoms with van der Waals surface area (Å²) in [5.74, 6) is -1.30. The first-order valence-corrected chi connectivity index (χ1v) is 6.59. The lowest BCUT2D eigenvalue weighted by Gasteiger charge is -2.10. The number of rotatable bonds is 4. The third-order valence-electron chi connectivity index (χ3n) is 2.50. The summed E-state index contributed by atoms with van der Waals surface area (Å²) in [7, 11) is 0. The van der Waals surface area contributed by atoms with Crippen LogP contribution in [0.5, 0.6) is 0 Å². The van der Waals surface area contributed by atoms with Gasteiger partial charge in [0.05, 0.1) is 12.2 Å². The summed E-state index contributed by atoms with van der Waals surface area (Å²) in [6.45, 7) is -0.129. The lowest BCUT2D eigenvalue weighted by Crippen LogP contribution is -2.22. The Morgan fingerprint density at radius 3 is 2.60 bits per heavy atom. The molecule has 2 aromatic rings. The molecule has 0 bridgehead atoms. The lowest BCUT2D eigenvalue weighted by molar-refractivity contribution is -0.114. The minimum Gasteiger partial charge on any atom is -0.373 e. The molecule has 0 aliphatic heterocycles. The molecule has 2 aromatic carbocycles. The number of amides is 1. The van der Waals surface area contributed by atoms with Crippen molar-refractivity contribution < 1.29 is 13.6 Å². The molecule has 20 heavy (non-hydrogen) atoms. The fraction of sp³-hybridized carbons (Fsp3) is 0.0714. The number of carbonyl (C=O) groups is 1. The molecule has 0 saturated carbocycles. The number of hydrogen-bond acceptors (Lipinski definition) is 2. The van der Waals surface area contributed by atoms with E-state index in [0.717, 1.165) is 0 Å². The Bertz CT molecular complexity index is 614. The van der Waals surface area contributed by atoms with Gasteiger partial charge in [-0.3, -0.25) is 4.79 Å². The highest BCUT2D eigenvalue weighted by Crippen LogP contribution is 2.24. The summed E-state index contributed by atoms with van der Waals surface area (Å²) in [6, 6.07) is 10.1. The van der Waals surface area contributed by atoms with Gasteiger partial charge in [-0.1, -0.05) is 12.1 Å². The van der Waals surface area contributed by atoms with Crippen molar-refractivity contribution in [2.75, 3.05) is 17.2 Å². The SMILES string of the molecule is O=C(CNc1c(F)cccc1Br)Nc1cccc(F)c1. The summed E-state index contributed by atoms with van der Waals surface area (Å²) < 4.78 is 27.0. The molecule has 0 aliphatic carbocycles. The van der Waals surface area contributed by atoms with E-state index < -0.39 is 17.5 Å². The standard InChI is InChI=1S/C14H11BrF2N2O/c15-11-5-2-6-12(17)14(11)18-8-13(20)19-10-4-1-3-9(16)7-10/h1-7,18H,8H2,(H,19,20). The van der Waals surface area contributed by atoms with Crippen LogP contribution in [0.4, 0.5) is 20.2 Å². The minimum atomic E-state index is -0.460. The monoisotopic (exact) mass is 340 g/mol. The van der Waals surface area contributed by atoms with E-state index in [9.17, 15) is 13.6 Å². The van der Waals surface area contributed by atoms with Crippen molar-refractivity contribution >= 4 is 33.2 Å². The smallest absolute Gasteiger partial charge is 0.243 e.